The van der Waals surface area contributed by atoms with Crippen molar-refractivity contribution in [1.82, 2.24) is 5.32 Å². The SMILES string of the molecule is COc1ccc(CC(=O)NCc2cccc(OC)c2)cc1. The number of ether oxygens (including phenoxy) is 2. The van der Waals surface area contributed by atoms with Gasteiger partial charge in [-0.05, 0) is 35.4 Å². The Labute approximate surface area is 124 Å². The summed E-state index contributed by atoms with van der Waals surface area (Å²) in [4.78, 5) is 11.9. The molecular weight excluding hydrogens is 266 g/mol. The number of carbonyl (C=O) groups is 1. The second kappa shape index (κ2) is 7.33. The fourth-order valence-corrected chi connectivity index (χ4v) is 1.97. The van der Waals surface area contributed by atoms with Crippen molar-refractivity contribution >= 4 is 5.91 Å². The minimum atomic E-state index is -0.0111. The number of nitrogens with one attached hydrogen (secondary N) is 1. The highest BCUT2D eigenvalue weighted by Gasteiger charge is 2.04. The van der Waals surface area contributed by atoms with Crippen molar-refractivity contribution in [3.8, 4) is 11.5 Å². The summed E-state index contributed by atoms with van der Waals surface area (Å²) in [5.74, 6) is 1.57. The molecule has 110 valence electrons. The molecule has 0 radical (unpaired) electrons. The van der Waals surface area contributed by atoms with Gasteiger partial charge in [0.1, 0.15) is 11.5 Å². The molecule has 0 aliphatic rings. The molecule has 4 nitrogen and oxygen atoms in total. The Bertz CT molecular complexity index is 593. The molecule has 1 N–H and O–H groups in total. The van der Waals surface area contributed by atoms with Crippen LogP contribution in [0, 0.1) is 0 Å². The second-order valence-electron chi connectivity index (χ2n) is 4.65. The van der Waals surface area contributed by atoms with Gasteiger partial charge in [-0.3, -0.25) is 4.79 Å². The molecule has 2 aromatic rings. The maximum atomic E-state index is 11.9. The first-order chi connectivity index (χ1) is 10.2. The highest BCUT2D eigenvalue weighted by molar-refractivity contribution is 5.78. The van der Waals surface area contributed by atoms with Crippen molar-refractivity contribution < 1.29 is 14.3 Å². The minimum Gasteiger partial charge on any atom is -0.497 e. The third-order valence-electron chi connectivity index (χ3n) is 3.15. The van der Waals surface area contributed by atoms with Gasteiger partial charge >= 0.3 is 0 Å². The van der Waals surface area contributed by atoms with Gasteiger partial charge in [-0.2, -0.15) is 0 Å². The molecule has 21 heavy (non-hydrogen) atoms. The van der Waals surface area contributed by atoms with E-state index in [4.69, 9.17) is 9.47 Å². The van der Waals surface area contributed by atoms with Crippen LogP contribution < -0.4 is 14.8 Å². The number of benzene rings is 2. The summed E-state index contributed by atoms with van der Waals surface area (Å²) >= 11 is 0. The van der Waals surface area contributed by atoms with E-state index in [-0.39, 0.29) is 5.91 Å². The lowest BCUT2D eigenvalue weighted by Crippen LogP contribution is -2.24. The van der Waals surface area contributed by atoms with Crippen LogP contribution in [0.4, 0.5) is 0 Å². The molecular formula is C17H19NO3. The summed E-state index contributed by atoms with van der Waals surface area (Å²) in [6, 6.07) is 15.1. The molecule has 0 aromatic heterocycles. The van der Waals surface area contributed by atoms with E-state index in [9.17, 15) is 4.79 Å². The van der Waals surface area contributed by atoms with Crippen LogP contribution in [0.15, 0.2) is 48.5 Å². The standard InChI is InChI=1S/C17H19NO3/c1-20-15-8-6-13(7-9-15)11-17(19)18-12-14-4-3-5-16(10-14)21-2/h3-10H,11-12H2,1-2H3,(H,18,19). The van der Waals surface area contributed by atoms with Crippen molar-refractivity contribution in [2.24, 2.45) is 0 Å². The van der Waals surface area contributed by atoms with Gasteiger partial charge in [0.05, 0.1) is 20.6 Å². The number of carbonyl (C=O) groups excluding carboxylic acids is 1. The van der Waals surface area contributed by atoms with Crippen molar-refractivity contribution in [1.29, 1.82) is 0 Å². The van der Waals surface area contributed by atoms with E-state index >= 15 is 0 Å². The van der Waals surface area contributed by atoms with E-state index in [2.05, 4.69) is 5.32 Å². The van der Waals surface area contributed by atoms with Crippen molar-refractivity contribution in [3.05, 3.63) is 59.7 Å². The van der Waals surface area contributed by atoms with Gasteiger partial charge in [-0.25, -0.2) is 0 Å². The van der Waals surface area contributed by atoms with E-state index in [1.807, 2.05) is 48.5 Å². The fraction of sp³-hybridized carbons (Fsp3) is 0.235. The maximum absolute atomic E-state index is 11.9. The van der Waals surface area contributed by atoms with Crippen LogP contribution in [-0.2, 0) is 17.8 Å². The van der Waals surface area contributed by atoms with Crippen LogP contribution >= 0.6 is 0 Å². The second-order valence-corrected chi connectivity index (χ2v) is 4.65. The largest absolute Gasteiger partial charge is 0.497 e. The van der Waals surface area contributed by atoms with Crippen molar-refractivity contribution in [2.75, 3.05) is 14.2 Å². The molecule has 0 fully saturated rings. The Hall–Kier alpha value is -2.49. The van der Waals surface area contributed by atoms with E-state index < -0.39 is 0 Å². The number of hydrogen-bond donors (Lipinski definition) is 1. The van der Waals surface area contributed by atoms with Gasteiger partial charge in [0.15, 0.2) is 0 Å². The van der Waals surface area contributed by atoms with Gasteiger partial charge in [0.25, 0.3) is 0 Å². The predicted molar refractivity (Wildman–Crippen MR) is 81.5 cm³/mol. The van der Waals surface area contributed by atoms with Crippen molar-refractivity contribution in [3.63, 3.8) is 0 Å². The summed E-state index contributed by atoms with van der Waals surface area (Å²) in [7, 11) is 3.25. The average Bonchev–Trinajstić information content (AvgIpc) is 2.54. The maximum Gasteiger partial charge on any atom is 0.224 e. The Morgan fingerprint density at radius 3 is 2.33 bits per heavy atom. The first-order valence-corrected chi connectivity index (χ1v) is 6.74. The molecule has 0 saturated carbocycles. The number of rotatable bonds is 6. The lowest BCUT2D eigenvalue weighted by atomic mass is 10.1. The molecule has 4 heteroatoms. The van der Waals surface area contributed by atoms with Crippen LogP contribution in [0.5, 0.6) is 11.5 Å². The number of amides is 1. The number of methoxy groups -OCH3 is 2. The van der Waals surface area contributed by atoms with E-state index in [0.29, 0.717) is 13.0 Å². The van der Waals surface area contributed by atoms with Gasteiger partial charge in [0.2, 0.25) is 5.91 Å². The third kappa shape index (κ3) is 4.53. The Balaban J connectivity index is 1.86. The molecule has 0 spiro atoms. The van der Waals surface area contributed by atoms with Gasteiger partial charge in [0, 0.05) is 6.54 Å². The molecule has 0 aliphatic heterocycles. The molecule has 2 rings (SSSR count). The summed E-state index contributed by atoms with van der Waals surface area (Å²) in [5, 5.41) is 2.90. The average molecular weight is 285 g/mol. The molecule has 0 aliphatic carbocycles. The fourth-order valence-electron chi connectivity index (χ4n) is 1.97. The lowest BCUT2D eigenvalue weighted by molar-refractivity contribution is -0.120. The molecule has 0 saturated heterocycles. The minimum absolute atomic E-state index is 0.0111. The molecule has 0 bridgehead atoms. The predicted octanol–water partition coefficient (Wildman–Crippen LogP) is 2.56. The van der Waals surface area contributed by atoms with Gasteiger partial charge in [-0.1, -0.05) is 24.3 Å². The first-order valence-electron chi connectivity index (χ1n) is 6.74. The monoisotopic (exact) mass is 285 g/mol. The quantitative estimate of drug-likeness (QED) is 0.887. The van der Waals surface area contributed by atoms with E-state index in [1.165, 1.54) is 0 Å². The van der Waals surface area contributed by atoms with Crippen LogP contribution in [0.25, 0.3) is 0 Å². The highest BCUT2D eigenvalue weighted by atomic mass is 16.5. The zero-order chi connectivity index (χ0) is 15.1. The normalized spacial score (nSPS) is 10.0. The van der Waals surface area contributed by atoms with Gasteiger partial charge < -0.3 is 14.8 Å². The summed E-state index contributed by atoms with van der Waals surface area (Å²) in [6.07, 6.45) is 0.355. The lowest BCUT2D eigenvalue weighted by Gasteiger charge is -2.07. The first kappa shape index (κ1) is 14.9. The Morgan fingerprint density at radius 2 is 1.67 bits per heavy atom. The summed E-state index contributed by atoms with van der Waals surface area (Å²) < 4.78 is 10.2. The molecule has 0 atom stereocenters. The third-order valence-corrected chi connectivity index (χ3v) is 3.15. The van der Waals surface area contributed by atoms with Crippen LogP contribution in [-0.4, -0.2) is 20.1 Å². The smallest absolute Gasteiger partial charge is 0.224 e. The molecule has 0 unspecified atom stereocenters. The summed E-state index contributed by atoms with van der Waals surface area (Å²) in [6.45, 7) is 0.492. The molecule has 2 aromatic carbocycles. The topological polar surface area (TPSA) is 47.6 Å². The van der Waals surface area contributed by atoms with Crippen LogP contribution in [0.1, 0.15) is 11.1 Å². The Kier molecular flexibility index (Phi) is 5.21. The number of hydrogen-bond acceptors (Lipinski definition) is 3. The van der Waals surface area contributed by atoms with Gasteiger partial charge in [-0.15, -0.1) is 0 Å². The summed E-state index contributed by atoms with van der Waals surface area (Å²) in [5.41, 5.74) is 1.97. The van der Waals surface area contributed by atoms with Crippen molar-refractivity contribution in [2.45, 2.75) is 13.0 Å². The van der Waals surface area contributed by atoms with Crippen LogP contribution in [0.2, 0.25) is 0 Å². The van der Waals surface area contributed by atoms with Crippen LogP contribution in [0.3, 0.4) is 0 Å². The molecule has 0 heterocycles. The zero-order valence-corrected chi connectivity index (χ0v) is 12.3. The van der Waals surface area contributed by atoms with E-state index in [0.717, 1.165) is 22.6 Å². The Morgan fingerprint density at radius 1 is 0.952 bits per heavy atom. The van der Waals surface area contributed by atoms with E-state index in [1.54, 1.807) is 14.2 Å². The highest BCUT2D eigenvalue weighted by Crippen LogP contribution is 2.13. The zero-order valence-electron chi connectivity index (χ0n) is 12.3. The molecule has 1 amide bonds.